The van der Waals surface area contributed by atoms with Gasteiger partial charge < -0.3 is 5.73 Å². The summed E-state index contributed by atoms with van der Waals surface area (Å²) in [5.41, 5.74) is 6.85. The molecule has 7 heteroatoms. The van der Waals surface area contributed by atoms with Crippen molar-refractivity contribution in [1.29, 1.82) is 0 Å². The largest absolute Gasteiger partial charge is 0.399 e. The molecule has 0 atom stereocenters. The number of sulfonamides is 1. The van der Waals surface area contributed by atoms with Gasteiger partial charge in [0.05, 0.1) is 10.6 Å². The maximum Gasteiger partial charge on any atom is 0.262 e. The normalized spacial score (nSPS) is 11.3. The molecular formula is C13H12BrFN2O2S. The van der Waals surface area contributed by atoms with Gasteiger partial charge in [-0.05, 0) is 64.8 Å². The van der Waals surface area contributed by atoms with E-state index in [0.29, 0.717) is 10.2 Å². The van der Waals surface area contributed by atoms with Gasteiger partial charge in [-0.1, -0.05) is 0 Å². The number of anilines is 2. The van der Waals surface area contributed by atoms with Crippen molar-refractivity contribution < 1.29 is 12.8 Å². The Morgan fingerprint density at radius 1 is 1.20 bits per heavy atom. The first-order chi connectivity index (χ1) is 9.28. The molecule has 20 heavy (non-hydrogen) atoms. The van der Waals surface area contributed by atoms with E-state index >= 15 is 0 Å². The highest BCUT2D eigenvalue weighted by molar-refractivity contribution is 9.10. The zero-order valence-electron chi connectivity index (χ0n) is 10.5. The van der Waals surface area contributed by atoms with Crippen molar-refractivity contribution in [3.63, 3.8) is 0 Å². The number of nitrogens with one attached hydrogen (secondary N) is 1. The Hall–Kier alpha value is -1.60. The molecule has 0 amide bonds. The predicted octanol–water partition coefficient (Wildman–Crippen LogP) is 3.28. The van der Waals surface area contributed by atoms with Crippen molar-refractivity contribution in [2.75, 3.05) is 10.5 Å². The third kappa shape index (κ3) is 3.29. The number of nitrogens with two attached hydrogens (primary N) is 1. The Kier molecular flexibility index (Phi) is 4.01. The van der Waals surface area contributed by atoms with Crippen LogP contribution in [0.15, 0.2) is 45.8 Å². The van der Waals surface area contributed by atoms with Crippen molar-refractivity contribution >= 4 is 37.3 Å². The highest BCUT2D eigenvalue weighted by atomic mass is 79.9. The van der Waals surface area contributed by atoms with E-state index in [1.807, 2.05) is 0 Å². The summed E-state index contributed by atoms with van der Waals surface area (Å²) in [6.45, 7) is 1.74. The van der Waals surface area contributed by atoms with E-state index < -0.39 is 15.8 Å². The first-order valence-electron chi connectivity index (χ1n) is 5.63. The SMILES string of the molecule is Cc1cc(N)cc(S(=O)(=O)Nc2cc(F)ccc2Br)c1. The second-order valence-electron chi connectivity index (χ2n) is 4.31. The van der Waals surface area contributed by atoms with Gasteiger partial charge in [-0.25, -0.2) is 12.8 Å². The van der Waals surface area contributed by atoms with Gasteiger partial charge in [-0.2, -0.15) is 0 Å². The van der Waals surface area contributed by atoms with Gasteiger partial charge in [0.1, 0.15) is 5.82 Å². The quantitative estimate of drug-likeness (QED) is 0.827. The van der Waals surface area contributed by atoms with Crippen LogP contribution in [-0.4, -0.2) is 8.42 Å². The molecule has 0 fully saturated rings. The molecule has 2 aromatic rings. The molecule has 0 aliphatic heterocycles. The fraction of sp³-hybridized carbons (Fsp3) is 0.0769. The Balaban J connectivity index is 2.43. The Bertz CT molecular complexity index is 743. The lowest BCUT2D eigenvalue weighted by molar-refractivity contribution is 0.601. The van der Waals surface area contributed by atoms with Gasteiger partial charge >= 0.3 is 0 Å². The number of nitrogen functional groups attached to an aromatic ring is 1. The number of benzene rings is 2. The summed E-state index contributed by atoms with van der Waals surface area (Å²) in [7, 11) is -3.82. The lowest BCUT2D eigenvalue weighted by atomic mass is 10.2. The molecule has 4 nitrogen and oxygen atoms in total. The van der Waals surface area contributed by atoms with Crippen LogP contribution in [0.4, 0.5) is 15.8 Å². The van der Waals surface area contributed by atoms with Gasteiger partial charge in [0.25, 0.3) is 10.0 Å². The van der Waals surface area contributed by atoms with E-state index in [4.69, 9.17) is 5.73 Å². The van der Waals surface area contributed by atoms with Crippen molar-refractivity contribution in [3.05, 3.63) is 52.3 Å². The van der Waals surface area contributed by atoms with Crippen LogP contribution in [0, 0.1) is 12.7 Å². The Labute approximate surface area is 125 Å². The molecule has 0 aliphatic carbocycles. The van der Waals surface area contributed by atoms with Gasteiger partial charge in [-0.15, -0.1) is 0 Å². The second kappa shape index (κ2) is 5.41. The number of hydrogen-bond acceptors (Lipinski definition) is 3. The lowest BCUT2D eigenvalue weighted by Crippen LogP contribution is -2.14. The van der Waals surface area contributed by atoms with Crippen molar-refractivity contribution in [1.82, 2.24) is 0 Å². The molecule has 0 aromatic heterocycles. The summed E-state index contributed by atoms with van der Waals surface area (Å²) in [5.74, 6) is -0.533. The van der Waals surface area contributed by atoms with E-state index in [1.54, 1.807) is 13.0 Å². The number of rotatable bonds is 3. The highest BCUT2D eigenvalue weighted by Crippen LogP contribution is 2.26. The molecule has 2 rings (SSSR count). The molecule has 0 radical (unpaired) electrons. The minimum absolute atomic E-state index is 0.0335. The molecule has 0 bridgehead atoms. The number of aryl methyl sites for hydroxylation is 1. The average molecular weight is 359 g/mol. The van der Waals surface area contributed by atoms with Crippen LogP contribution in [0.2, 0.25) is 0 Å². The highest BCUT2D eigenvalue weighted by Gasteiger charge is 2.17. The summed E-state index contributed by atoms with van der Waals surface area (Å²) in [6.07, 6.45) is 0. The smallest absolute Gasteiger partial charge is 0.262 e. The van der Waals surface area contributed by atoms with E-state index in [-0.39, 0.29) is 10.6 Å². The predicted molar refractivity (Wildman–Crippen MR) is 80.5 cm³/mol. The van der Waals surface area contributed by atoms with Gasteiger partial charge in [-0.3, -0.25) is 4.72 Å². The summed E-state index contributed by atoms with van der Waals surface area (Å²) in [5, 5.41) is 0. The van der Waals surface area contributed by atoms with E-state index in [1.165, 1.54) is 24.3 Å². The van der Waals surface area contributed by atoms with E-state index in [2.05, 4.69) is 20.7 Å². The number of hydrogen-bond donors (Lipinski definition) is 2. The third-order valence-corrected chi connectivity index (χ3v) is 4.59. The summed E-state index contributed by atoms with van der Waals surface area (Å²) < 4.78 is 40.5. The minimum atomic E-state index is -3.82. The molecule has 2 aromatic carbocycles. The molecule has 0 saturated heterocycles. The number of halogens is 2. The summed E-state index contributed by atoms with van der Waals surface area (Å²) in [6, 6.07) is 8.26. The van der Waals surface area contributed by atoms with Gasteiger partial charge in [0, 0.05) is 10.2 Å². The monoisotopic (exact) mass is 358 g/mol. The molecule has 106 valence electrons. The molecule has 0 aliphatic rings. The van der Waals surface area contributed by atoms with Crippen LogP contribution in [0.5, 0.6) is 0 Å². The maximum absolute atomic E-state index is 13.2. The van der Waals surface area contributed by atoms with E-state index in [9.17, 15) is 12.8 Å². The molecule has 3 N–H and O–H groups in total. The first kappa shape index (κ1) is 14.8. The molecule has 0 heterocycles. The first-order valence-corrected chi connectivity index (χ1v) is 7.90. The molecular weight excluding hydrogens is 347 g/mol. The minimum Gasteiger partial charge on any atom is -0.399 e. The van der Waals surface area contributed by atoms with Crippen LogP contribution in [0.1, 0.15) is 5.56 Å². The average Bonchev–Trinajstić information content (AvgIpc) is 2.32. The molecule has 0 saturated carbocycles. The van der Waals surface area contributed by atoms with Crippen LogP contribution in [-0.2, 0) is 10.0 Å². The van der Waals surface area contributed by atoms with E-state index in [0.717, 1.165) is 11.6 Å². The van der Waals surface area contributed by atoms with Crippen molar-refractivity contribution in [3.8, 4) is 0 Å². The summed E-state index contributed by atoms with van der Waals surface area (Å²) in [4.78, 5) is 0.0335. The maximum atomic E-state index is 13.2. The second-order valence-corrected chi connectivity index (χ2v) is 6.85. The van der Waals surface area contributed by atoms with Crippen molar-refractivity contribution in [2.24, 2.45) is 0 Å². The van der Waals surface area contributed by atoms with Crippen molar-refractivity contribution in [2.45, 2.75) is 11.8 Å². The fourth-order valence-electron chi connectivity index (χ4n) is 1.71. The molecule has 0 spiro atoms. The topological polar surface area (TPSA) is 72.2 Å². The zero-order valence-corrected chi connectivity index (χ0v) is 12.9. The Morgan fingerprint density at radius 2 is 1.90 bits per heavy atom. The van der Waals surface area contributed by atoms with Gasteiger partial charge in [0.15, 0.2) is 0 Å². The third-order valence-electron chi connectivity index (χ3n) is 2.56. The van der Waals surface area contributed by atoms with Crippen LogP contribution in [0.25, 0.3) is 0 Å². The van der Waals surface area contributed by atoms with Gasteiger partial charge in [0.2, 0.25) is 0 Å². The summed E-state index contributed by atoms with van der Waals surface area (Å²) >= 11 is 3.17. The molecule has 0 unspecified atom stereocenters. The fourth-order valence-corrected chi connectivity index (χ4v) is 3.40. The lowest BCUT2D eigenvalue weighted by Gasteiger charge is -2.11. The van der Waals surface area contributed by atoms with Crippen LogP contribution in [0.3, 0.4) is 0 Å². The standard InChI is InChI=1S/C13H12BrFN2O2S/c1-8-4-10(16)7-11(5-8)20(18,19)17-13-6-9(15)2-3-12(13)14/h2-7,17H,16H2,1H3. The van der Waals surface area contributed by atoms with Crippen LogP contribution >= 0.6 is 15.9 Å². The van der Waals surface area contributed by atoms with Crippen LogP contribution < -0.4 is 10.5 Å². The zero-order chi connectivity index (χ0) is 14.9. The Morgan fingerprint density at radius 3 is 2.55 bits per heavy atom.